The maximum absolute atomic E-state index is 12.5. The number of aryl methyl sites for hydroxylation is 1. The summed E-state index contributed by atoms with van der Waals surface area (Å²) in [7, 11) is 0. The van der Waals surface area contributed by atoms with Gasteiger partial charge in [0, 0.05) is 34.5 Å². The monoisotopic (exact) mass is 483 g/mol. The molecule has 4 aromatic rings. The largest absolute Gasteiger partial charge is 0.362 e. The van der Waals surface area contributed by atoms with E-state index in [1.165, 1.54) is 0 Å². The Labute approximate surface area is 207 Å². The van der Waals surface area contributed by atoms with Crippen LogP contribution in [0.15, 0.2) is 79.0 Å². The van der Waals surface area contributed by atoms with Crippen molar-refractivity contribution in [3.05, 3.63) is 101 Å². The zero-order valence-electron chi connectivity index (χ0n) is 18.8. The molecule has 0 bridgehead atoms. The van der Waals surface area contributed by atoms with Crippen molar-refractivity contribution < 1.29 is 9.59 Å². The van der Waals surface area contributed by atoms with E-state index in [4.69, 9.17) is 11.6 Å². The summed E-state index contributed by atoms with van der Waals surface area (Å²) >= 11 is 6.12. The van der Waals surface area contributed by atoms with Crippen molar-refractivity contribution in [2.75, 3.05) is 21.3 Å². The van der Waals surface area contributed by atoms with Gasteiger partial charge in [0.15, 0.2) is 0 Å². The number of H-pyrrole nitrogens is 1. The predicted octanol–water partition coefficient (Wildman–Crippen LogP) is 6.86. The second-order valence-electron chi connectivity index (χ2n) is 8.11. The van der Waals surface area contributed by atoms with Gasteiger partial charge < -0.3 is 26.3 Å². The maximum Gasteiger partial charge on any atom is 0.323 e. The van der Waals surface area contributed by atoms with E-state index in [2.05, 4.69) is 26.3 Å². The number of anilines is 5. The van der Waals surface area contributed by atoms with E-state index in [1.807, 2.05) is 67.7 Å². The number of urea groups is 1. The number of amides is 3. The molecule has 174 valence electrons. The van der Waals surface area contributed by atoms with Gasteiger partial charge in [0.05, 0.1) is 22.0 Å². The van der Waals surface area contributed by atoms with Crippen LogP contribution in [0.25, 0.3) is 11.6 Å². The van der Waals surface area contributed by atoms with Crippen LogP contribution in [0.5, 0.6) is 0 Å². The highest BCUT2D eigenvalue weighted by atomic mass is 35.5. The minimum Gasteiger partial charge on any atom is -0.362 e. The number of nitrogens with one attached hydrogen (secondary N) is 5. The zero-order valence-corrected chi connectivity index (χ0v) is 19.5. The van der Waals surface area contributed by atoms with E-state index in [9.17, 15) is 9.59 Å². The summed E-state index contributed by atoms with van der Waals surface area (Å²) in [6.07, 6.45) is 3.65. The normalized spacial score (nSPS) is 13.3. The topological polar surface area (TPSA) is 98.0 Å². The Kier molecular flexibility index (Phi) is 5.99. The Hall–Kier alpha value is -4.49. The van der Waals surface area contributed by atoms with Gasteiger partial charge >= 0.3 is 6.03 Å². The Morgan fingerprint density at radius 2 is 1.74 bits per heavy atom. The molecule has 5 N–H and O–H groups in total. The molecule has 0 spiro atoms. The number of aromatic amines is 1. The highest BCUT2D eigenvalue weighted by Gasteiger charge is 2.24. The van der Waals surface area contributed by atoms with Gasteiger partial charge in [-0.1, -0.05) is 35.9 Å². The first kappa shape index (κ1) is 22.3. The summed E-state index contributed by atoms with van der Waals surface area (Å²) in [5.41, 5.74) is 6.85. The van der Waals surface area contributed by atoms with Crippen LogP contribution in [-0.4, -0.2) is 16.9 Å². The van der Waals surface area contributed by atoms with Gasteiger partial charge in [0.1, 0.15) is 0 Å². The summed E-state index contributed by atoms with van der Waals surface area (Å²) in [6.45, 7) is 1.97. The molecule has 35 heavy (non-hydrogen) atoms. The predicted molar refractivity (Wildman–Crippen MR) is 142 cm³/mol. The first-order chi connectivity index (χ1) is 17.0. The van der Waals surface area contributed by atoms with Crippen molar-refractivity contribution in [1.29, 1.82) is 0 Å². The molecule has 2 heterocycles. The number of carbonyl (C=O) groups excluding carboxylic acids is 2. The number of para-hydroxylation sites is 1. The SMILES string of the molecule is Cc1ccc(NC(=O)Nc2ccccc2Cl)cc1Nc1ccc2c(c1)NC(=O)/C2=C/c1ccc[nH]1. The van der Waals surface area contributed by atoms with Crippen molar-refractivity contribution in [3.63, 3.8) is 0 Å². The molecule has 3 amide bonds. The third-order valence-electron chi connectivity index (χ3n) is 5.62. The number of fused-ring (bicyclic) bond motifs is 1. The van der Waals surface area contributed by atoms with Crippen molar-refractivity contribution in [3.8, 4) is 0 Å². The van der Waals surface area contributed by atoms with Crippen LogP contribution in [-0.2, 0) is 4.79 Å². The molecule has 1 aromatic heterocycles. The molecular weight excluding hydrogens is 462 g/mol. The summed E-state index contributed by atoms with van der Waals surface area (Å²) in [4.78, 5) is 28.0. The lowest BCUT2D eigenvalue weighted by molar-refractivity contribution is -0.110. The average molecular weight is 484 g/mol. The Balaban J connectivity index is 1.32. The third kappa shape index (κ3) is 4.90. The summed E-state index contributed by atoms with van der Waals surface area (Å²) in [5.74, 6) is -0.140. The minimum absolute atomic E-state index is 0.140. The maximum atomic E-state index is 12.5. The van der Waals surface area contributed by atoms with Crippen LogP contribution in [0.4, 0.5) is 33.2 Å². The average Bonchev–Trinajstić information content (AvgIpc) is 3.45. The van der Waals surface area contributed by atoms with Gasteiger partial charge in [-0.15, -0.1) is 0 Å². The first-order valence-electron chi connectivity index (χ1n) is 11.0. The molecule has 0 atom stereocenters. The lowest BCUT2D eigenvalue weighted by Gasteiger charge is -2.14. The van der Waals surface area contributed by atoms with Gasteiger partial charge in [-0.2, -0.15) is 0 Å². The van der Waals surface area contributed by atoms with E-state index in [1.54, 1.807) is 24.3 Å². The molecule has 1 aliphatic heterocycles. The molecule has 0 radical (unpaired) electrons. The fourth-order valence-electron chi connectivity index (χ4n) is 3.84. The number of aromatic nitrogens is 1. The lowest BCUT2D eigenvalue weighted by atomic mass is 10.1. The number of hydrogen-bond donors (Lipinski definition) is 5. The summed E-state index contributed by atoms with van der Waals surface area (Å²) in [5, 5.41) is 12.3. The first-order valence-corrected chi connectivity index (χ1v) is 11.3. The molecule has 7 nitrogen and oxygen atoms in total. The molecule has 0 fully saturated rings. The minimum atomic E-state index is -0.394. The molecule has 0 unspecified atom stereocenters. The molecule has 0 saturated carbocycles. The van der Waals surface area contributed by atoms with Crippen LogP contribution < -0.4 is 21.3 Å². The van der Waals surface area contributed by atoms with Gasteiger partial charge in [0.2, 0.25) is 0 Å². The second kappa shape index (κ2) is 9.40. The molecule has 8 heteroatoms. The molecular formula is C27H22ClN5O2. The summed E-state index contributed by atoms with van der Waals surface area (Å²) in [6, 6.07) is 21.8. The van der Waals surface area contributed by atoms with Crippen LogP contribution in [0.1, 0.15) is 16.8 Å². The quantitative estimate of drug-likeness (QED) is 0.201. The van der Waals surface area contributed by atoms with Crippen LogP contribution in [0.3, 0.4) is 0 Å². The van der Waals surface area contributed by atoms with Gasteiger partial charge in [0.25, 0.3) is 5.91 Å². The summed E-state index contributed by atoms with van der Waals surface area (Å²) < 4.78 is 0. The van der Waals surface area contributed by atoms with Crippen LogP contribution in [0, 0.1) is 6.92 Å². The number of carbonyl (C=O) groups is 2. The number of benzene rings is 3. The van der Waals surface area contributed by atoms with E-state index < -0.39 is 6.03 Å². The van der Waals surface area contributed by atoms with E-state index in [0.29, 0.717) is 22.0 Å². The standard InChI is InChI=1S/C27H22ClN5O2/c1-16-8-9-19(31-27(35)33-23-7-3-2-6-22(23)28)14-24(16)30-18-10-11-20-21(13-17-5-4-12-29-17)26(34)32-25(20)15-18/h2-15,29-30H,1H3,(H,32,34)(H2,31,33,35)/b21-13+. The molecule has 0 aliphatic carbocycles. The number of hydrogen-bond acceptors (Lipinski definition) is 3. The molecule has 5 rings (SSSR count). The van der Waals surface area contributed by atoms with Crippen molar-refractivity contribution >= 4 is 63.6 Å². The van der Waals surface area contributed by atoms with Crippen molar-refractivity contribution in [2.45, 2.75) is 6.92 Å². The Bertz CT molecular complexity index is 1460. The Morgan fingerprint density at radius 1 is 0.914 bits per heavy atom. The molecule has 3 aromatic carbocycles. The van der Waals surface area contributed by atoms with Crippen LogP contribution in [0.2, 0.25) is 5.02 Å². The zero-order chi connectivity index (χ0) is 24.4. The van der Waals surface area contributed by atoms with E-state index in [-0.39, 0.29) is 5.91 Å². The molecule has 0 saturated heterocycles. The highest BCUT2D eigenvalue weighted by Crippen LogP contribution is 2.36. The van der Waals surface area contributed by atoms with Crippen LogP contribution >= 0.6 is 11.6 Å². The Morgan fingerprint density at radius 3 is 2.54 bits per heavy atom. The third-order valence-corrected chi connectivity index (χ3v) is 5.95. The fourth-order valence-corrected chi connectivity index (χ4v) is 4.03. The number of rotatable bonds is 5. The van der Waals surface area contributed by atoms with Crippen molar-refractivity contribution in [1.82, 2.24) is 4.98 Å². The van der Waals surface area contributed by atoms with E-state index in [0.717, 1.165) is 33.9 Å². The fraction of sp³-hybridized carbons (Fsp3) is 0.0370. The highest BCUT2D eigenvalue weighted by molar-refractivity contribution is 6.35. The van der Waals surface area contributed by atoms with Crippen molar-refractivity contribution in [2.24, 2.45) is 0 Å². The van der Waals surface area contributed by atoms with Gasteiger partial charge in [-0.25, -0.2) is 4.79 Å². The van der Waals surface area contributed by atoms with Gasteiger partial charge in [-0.05, 0) is 67.1 Å². The second-order valence-corrected chi connectivity index (χ2v) is 8.52. The number of halogens is 1. The van der Waals surface area contributed by atoms with Gasteiger partial charge in [-0.3, -0.25) is 4.79 Å². The smallest absolute Gasteiger partial charge is 0.323 e. The lowest BCUT2D eigenvalue weighted by Crippen LogP contribution is -2.19. The molecule has 1 aliphatic rings. The van der Waals surface area contributed by atoms with E-state index >= 15 is 0 Å².